The Kier molecular flexibility index (Phi) is 2.28. The number of rotatable bonds is 2. The van der Waals surface area contributed by atoms with Gasteiger partial charge in [0.1, 0.15) is 5.82 Å². The topological polar surface area (TPSA) is 40.7 Å². The maximum absolute atomic E-state index is 4.82. The van der Waals surface area contributed by atoms with Gasteiger partial charge in [-0.3, -0.25) is 0 Å². The average Bonchev–Trinajstić information content (AvgIpc) is 2.70. The Morgan fingerprint density at radius 3 is 2.47 bits per heavy atom. The van der Waals surface area contributed by atoms with Gasteiger partial charge in [0.25, 0.3) is 0 Å². The second-order valence-electron chi connectivity index (χ2n) is 4.97. The molecule has 3 nitrogen and oxygen atoms in total. The summed E-state index contributed by atoms with van der Waals surface area (Å²) in [6.45, 7) is 4.37. The highest BCUT2D eigenvalue weighted by Gasteiger charge is 2.26. The lowest BCUT2D eigenvalue weighted by molar-refractivity contribution is 0.431. The molecule has 2 heterocycles. The number of hydrogen-bond acceptors (Lipinski definition) is 2. The van der Waals surface area contributed by atoms with E-state index in [0.29, 0.717) is 5.92 Å². The zero-order valence-electron chi connectivity index (χ0n) is 9.34. The molecule has 1 aromatic rings. The Bertz CT molecular complexity index is 346. The highest BCUT2D eigenvalue weighted by molar-refractivity contribution is 5.21. The Hall–Kier alpha value is -0.830. The monoisotopic (exact) mass is 205 g/mol. The largest absolute Gasteiger partial charge is 0.346 e. The number of imidazole rings is 1. The van der Waals surface area contributed by atoms with E-state index in [2.05, 4.69) is 17.2 Å². The van der Waals surface area contributed by atoms with Crippen LogP contribution < -0.4 is 5.32 Å². The molecule has 2 aliphatic rings. The summed E-state index contributed by atoms with van der Waals surface area (Å²) < 4.78 is 0. The van der Waals surface area contributed by atoms with Gasteiger partial charge in [-0.15, -0.1) is 0 Å². The fraction of sp³-hybridized carbons (Fsp3) is 0.750. The number of nitrogens with zero attached hydrogens (tertiary/aromatic N) is 1. The van der Waals surface area contributed by atoms with Gasteiger partial charge in [0.2, 0.25) is 0 Å². The van der Waals surface area contributed by atoms with Crippen LogP contribution in [0, 0.1) is 6.92 Å². The first-order chi connectivity index (χ1) is 7.34. The number of nitrogens with one attached hydrogen (secondary N) is 2. The van der Waals surface area contributed by atoms with Gasteiger partial charge in [0.05, 0.1) is 5.69 Å². The lowest BCUT2D eigenvalue weighted by Gasteiger charge is -2.24. The summed E-state index contributed by atoms with van der Waals surface area (Å²) in [5.74, 6) is 2.59. The summed E-state index contributed by atoms with van der Waals surface area (Å²) in [4.78, 5) is 8.29. The van der Waals surface area contributed by atoms with E-state index in [9.17, 15) is 0 Å². The zero-order chi connectivity index (χ0) is 10.3. The average molecular weight is 205 g/mol. The van der Waals surface area contributed by atoms with E-state index in [1.165, 1.54) is 42.9 Å². The first-order valence-electron chi connectivity index (χ1n) is 6.11. The van der Waals surface area contributed by atoms with E-state index in [1.54, 1.807) is 0 Å². The maximum atomic E-state index is 4.82. The minimum Gasteiger partial charge on any atom is -0.346 e. The first kappa shape index (κ1) is 9.40. The quantitative estimate of drug-likeness (QED) is 0.776. The van der Waals surface area contributed by atoms with Crippen molar-refractivity contribution in [1.29, 1.82) is 0 Å². The molecular formula is C12H19N3. The molecule has 1 saturated carbocycles. The first-order valence-corrected chi connectivity index (χ1v) is 6.11. The summed E-state index contributed by atoms with van der Waals surface area (Å²) in [6.07, 6.45) is 5.46. The third kappa shape index (κ3) is 1.59. The van der Waals surface area contributed by atoms with E-state index < -0.39 is 0 Å². The second kappa shape index (κ2) is 3.63. The normalized spacial score (nSPS) is 23.3. The molecule has 1 aliphatic carbocycles. The van der Waals surface area contributed by atoms with Gasteiger partial charge in [-0.25, -0.2) is 4.98 Å². The molecule has 1 aromatic heterocycles. The van der Waals surface area contributed by atoms with E-state index in [-0.39, 0.29) is 0 Å². The molecule has 2 N–H and O–H groups in total. The van der Waals surface area contributed by atoms with Crippen LogP contribution in [-0.4, -0.2) is 23.1 Å². The number of hydrogen-bond donors (Lipinski definition) is 2. The molecule has 0 spiro atoms. The molecule has 3 heteroatoms. The van der Waals surface area contributed by atoms with Gasteiger partial charge in [0, 0.05) is 30.6 Å². The van der Waals surface area contributed by atoms with Crippen LogP contribution >= 0.6 is 0 Å². The van der Waals surface area contributed by atoms with Gasteiger partial charge in [-0.05, 0) is 19.8 Å². The number of aromatic nitrogens is 2. The molecule has 1 saturated heterocycles. The van der Waals surface area contributed by atoms with Crippen molar-refractivity contribution in [1.82, 2.24) is 15.3 Å². The van der Waals surface area contributed by atoms with Crippen molar-refractivity contribution >= 4 is 0 Å². The van der Waals surface area contributed by atoms with Crippen LogP contribution in [0.3, 0.4) is 0 Å². The lowest BCUT2D eigenvalue weighted by Crippen LogP contribution is -2.40. The van der Waals surface area contributed by atoms with Crippen molar-refractivity contribution < 1.29 is 0 Å². The number of aromatic amines is 1. The Morgan fingerprint density at radius 2 is 1.87 bits per heavy atom. The van der Waals surface area contributed by atoms with E-state index in [0.717, 1.165) is 19.0 Å². The second-order valence-corrected chi connectivity index (χ2v) is 4.97. The summed E-state index contributed by atoms with van der Waals surface area (Å²) in [6, 6.07) is 0. The predicted octanol–water partition coefficient (Wildman–Crippen LogP) is 2.06. The van der Waals surface area contributed by atoms with E-state index in [4.69, 9.17) is 4.98 Å². The fourth-order valence-corrected chi connectivity index (χ4v) is 2.77. The fourth-order valence-electron chi connectivity index (χ4n) is 2.77. The van der Waals surface area contributed by atoms with Crippen molar-refractivity contribution in [2.24, 2.45) is 0 Å². The third-order valence-electron chi connectivity index (χ3n) is 3.85. The number of aryl methyl sites for hydroxylation is 1. The van der Waals surface area contributed by atoms with Crippen molar-refractivity contribution in [3.8, 4) is 0 Å². The maximum Gasteiger partial charge on any atom is 0.112 e. The summed E-state index contributed by atoms with van der Waals surface area (Å²) in [5, 5.41) is 3.30. The molecule has 0 aromatic carbocycles. The summed E-state index contributed by atoms with van der Waals surface area (Å²) in [5.41, 5.74) is 2.67. The molecule has 15 heavy (non-hydrogen) atoms. The molecule has 0 unspecified atom stereocenters. The third-order valence-corrected chi connectivity index (χ3v) is 3.85. The molecule has 3 rings (SSSR count). The Morgan fingerprint density at radius 1 is 1.13 bits per heavy atom. The number of H-pyrrole nitrogens is 1. The highest BCUT2D eigenvalue weighted by Crippen LogP contribution is 2.35. The van der Waals surface area contributed by atoms with Crippen LogP contribution in [0.25, 0.3) is 0 Å². The van der Waals surface area contributed by atoms with Gasteiger partial charge >= 0.3 is 0 Å². The van der Waals surface area contributed by atoms with Crippen LogP contribution in [0.15, 0.2) is 0 Å². The van der Waals surface area contributed by atoms with E-state index in [1.807, 2.05) is 0 Å². The van der Waals surface area contributed by atoms with Crippen molar-refractivity contribution in [3.63, 3.8) is 0 Å². The van der Waals surface area contributed by atoms with Crippen LogP contribution in [0.2, 0.25) is 0 Å². The van der Waals surface area contributed by atoms with Crippen LogP contribution in [0.5, 0.6) is 0 Å². The van der Waals surface area contributed by atoms with Gasteiger partial charge in [-0.1, -0.05) is 12.8 Å². The molecule has 0 atom stereocenters. The van der Waals surface area contributed by atoms with Crippen molar-refractivity contribution in [3.05, 3.63) is 17.2 Å². The van der Waals surface area contributed by atoms with Gasteiger partial charge in [0.15, 0.2) is 0 Å². The summed E-state index contributed by atoms with van der Waals surface area (Å²) in [7, 11) is 0. The highest BCUT2D eigenvalue weighted by atomic mass is 15.0. The predicted molar refractivity (Wildman–Crippen MR) is 60.1 cm³/mol. The van der Waals surface area contributed by atoms with Crippen molar-refractivity contribution in [2.45, 2.75) is 44.4 Å². The van der Waals surface area contributed by atoms with Crippen molar-refractivity contribution in [2.75, 3.05) is 13.1 Å². The molecule has 2 fully saturated rings. The molecule has 1 aliphatic heterocycles. The Labute approximate surface area is 90.7 Å². The molecule has 0 bridgehead atoms. The molecule has 82 valence electrons. The van der Waals surface area contributed by atoms with E-state index >= 15 is 0 Å². The molecule has 0 amide bonds. The minimum absolute atomic E-state index is 0.638. The Balaban J connectivity index is 1.84. The molecule has 0 radical (unpaired) electrons. The summed E-state index contributed by atoms with van der Waals surface area (Å²) >= 11 is 0. The van der Waals surface area contributed by atoms with Crippen LogP contribution in [0.4, 0.5) is 0 Å². The van der Waals surface area contributed by atoms with Gasteiger partial charge in [-0.2, -0.15) is 0 Å². The standard InChI is InChI=1S/C12H19N3/c1-8-11(9-4-2-3-5-9)15-12(14-8)10-6-13-7-10/h9-10,13H,2-7H2,1H3,(H,14,15). The zero-order valence-corrected chi connectivity index (χ0v) is 9.34. The van der Waals surface area contributed by atoms with Crippen LogP contribution in [0.1, 0.15) is 54.7 Å². The van der Waals surface area contributed by atoms with Gasteiger partial charge < -0.3 is 10.3 Å². The lowest BCUT2D eigenvalue weighted by atomic mass is 10.0. The smallest absolute Gasteiger partial charge is 0.112 e. The van der Waals surface area contributed by atoms with Crippen LogP contribution in [-0.2, 0) is 0 Å². The SMILES string of the molecule is Cc1[nH]c(C2CNC2)nc1C1CCCC1. The molecular weight excluding hydrogens is 186 g/mol. The minimum atomic E-state index is 0.638.